The van der Waals surface area contributed by atoms with Crippen molar-refractivity contribution in [1.29, 1.82) is 5.26 Å². The summed E-state index contributed by atoms with van der Waals surface area (Å²) >= 11 is 0. The van der Waals surface area contributed by atoms with E-state index in [2.05, 4.69) is 4.98 Å². The van der Waals surface area contributed by atoms with Crippen molar-refractivity contribution < 1.29 is 14.5 Å². The fourth-order valence-electron chi connectivity index (χ4n) is 1.68. The number of carbonyl (C=O) groups excluding carboxylic acids is 1. The van der Waals surface area contributed by atoms with Gasteiger partial charge in [0.05, 0.1) is 4.92 Å². The average Bonchev–Trinajstić information content (AvgIpc) is 2.52. The van der Waals surface area contributed by atoms with Crippen molar-refractivity contribution in [2.45, 2.75) is 6.61 Å². The van der Waals surface area contributed by atoms with Gasteiger partial charge in [-0.2, -0.15) is 5.26 Å². The number of hydrogen-bond donors (Lipinski definition) is 0. The summed E-state index contributed by atoms with van der Waals surface area (Å²) in [5, 5.41) is 19.8. The summed E-state index contributed by atoms with van der Waals surface area (Å²) in [5.74, 6) is -0.0302. The standard InChI is InChI=1S/C14H9N3O4/c15-7-12-11(2-1-5-16-12)9-21-14-6-10(8-18)3-4-13(14)17(19)20/h1-6,8H,9H2. The second kappa shape index (κ2) is 6.25. The maximum atomic E-state index is 10.9. The molecular weight excluding hydrogens is 274 g/mol. The molecule has 0 unspecified atom stereocenters. The third-order valence-corrected chi connectivity index (χ3v) is 2.70. The van der Waals surface area contributed by atoms with Gasteiger partial charge in [-0.25, -0.2) is 4.98 Å². The number of pyridine rings is 1. The number of benzene rings is 1. The van der Waals surface area contributed by atoms with Gasteiger partial charge in [-0.15, -0.1) is 0 Å². The quantitative estimate of drug-likeness (QED) is 0.473. The molecule has 0 amide bonds. The van der Waals surface area contributed by atoms with Crippen molar-refractivity contribution in [3.8, 4) is 11.8 Å². The molecule has 0 atom stereocenters. The molecule has 2 aromatic rings. The first-order valence-electron chi connectivity index (χ1n) is 5.86. The van der Waals surface area contributed by atoms with E-state index in [9.17, 15) is 14.9 Å². The molecule has 0 saturated carbocycles. The van der Waals surface area contributed by atoms with Crippen LogP contribution >= 0.6 is 0 Å². The van der Waals surface area contributed by atoms with Gasteiger partial charge in [-0.1, -0.05) is 6.07 Å². The summed E-state index contributed by atoms with van der Waals surface area (Å²) in [6.07, 6.45) is 2.04. The zero-order valence-electron chi connectivity index (χ0n) is 10.7. The summed E-state index contributed by atoms with van der Waals surface area (Å²) < 4.78 is 5.38. The Morgan fingerprint density at radius 1 is 1.43 bits per heavy atom. The molecule has 1 aromatic carbocycles. The van der Waals surface area contributed by atoms with Crippen molar-refractivity contribution in [1.82, 2.24) is 4.98 Å². The highest BCUT2D eigenvalue weighted by atomic mass is 16.6. The van der Waals surface area contributed by atoms with E-state index in [0.717, 1.165) is 0 Å². The molecule has 104 valence electrons. The topological polar surface area (TPSA) is 106 Å². The molecule has 21 heavy (non-hydrogen) atoms. The van der Waals surface area contributed by atoms with E-state index >= 15 is 0 Å². The van der Waals surface area contributed by atoms with Gasteiger partial charge in [-0.3, -0.25) is 14.9 Å². The molecule has 2 rings (SSSR count). The number of rotatable bonds is 5. The van der Waals surface area contributed by atoms with Crippen molar-refractivity contribution in [2.75, 3.05) is 0 Å². The van der Waals surface area contributed by atoms with E-state index in [1.807, 2.05) is 6.07 Å². The first kappa shape index (κ1) is 14.1. The Labute approximate surface area is 119 Å². The third kappa shape index (κ3) is 3.19. The van der Waals surface area contributed by atoms with Crippen LogP contribution < -0.4 is 4.74 Å². The van der Waals surface area contributed by atoms with E-state index in [1.54, 1.807) is 12.1 Å². The monoisotopic (exact) mass is 283 g/mol. The van der Waals surface area contributed by atoms with Gasteiger partial charge < -0.3 is 4.74 Å². The third-order valence-electron chi connectivity index (χ3n) is 2.70. The molecule has 0 N–H and O–H groups in total. The first-order valence-corrected chi connectivity index (χ1v) is 5.86. The Hall–Kier alpha value is -3.27. The predicted octanol–water partition coefficient (Wildman–Crippen LogP) is 2.25. The zero-order valence-corrected chi connectivity index (χ0v) is 10.7. The van der Waals surface area contributed by atoms with Gasteiger partial charge in [-0.05, 0) is 18.2 Å². The molecule has 1 heterocycles. The lowest BCUT2D eigenvalue weighted by Crippen LogP contribution is -2.02. The highest BCUT2D eigenvalue weighted by Crippen LogP contribution is 2.28. The number of nitro benzene ring substituents is 1. The van der Waals surface area contributed by atoms with Gasteiger partial charge in [0.1, 0.15) is 24.7 Å². The van der Waals surface area contributed by atoms with Crippen molar-refractivity contribution in [3.63, 3.8) is 0 Å². The number of nitro groups is 1. The number of aromatic nitrogens is 1. The fourth-order valence-corrected chi connectivity index (χ4v) is 1.68. The number of carbonyl (C=O) groups is 1. The molecule has 0 radical (unpaired) electrons. The molecule has 0 fully saturated rings. The minimum absolute atomic E-state index is 0.0302. The Kier molecular flexibility index (Phi) is 4.21. The van der Waals surface area contributed by atoms with Crippen LogP contribution in [0.5, 0.6) is 5.75 Å². The predicted molar refractivity (Wildman–Crippen MR) is 71.8 cm³/mol. The van der Waals surface area contributed by atoms with Crippen LogP contribution in [0, 0.1) is 21.4 Å². The average molecular weight is 283 g/mol. The fraction of sp³-hybridized carbons (Fsp3) is 0.0714. The van der Waals surface area contributed by atoms with Gasteiger partial charge in [0.2, 0.25) is 0 Å². The molecule has 0 spiro atoms. The summed E-state index contributed by atoms with van der Waals surface area (Å²) in [6.45, 7) is -0.0557. The van der Waals surface area contributed by atoms with Crippen LogP contribution in [0.15, 0.2) is 36.5 Å². The molecule has 1 aromatic heterocycles. The van der Waals surface area contributed by atoms with E-state index in [1.165, 1.54) is 24.4 Å². The summed E-state index contributed by atoms with van der Waals surface area (Å²) in [7, 11) is 0. The molecule has 7 heteroatoms. The minimum Gasteiger partial charge on any atom is -0.482 e. The molecule has 7 nitrogen and oxygen atoms in total. The maximum absolute atomic E-state index is 10.9. The number of aldehydes is 1. The Morgan fingerprint density at radius 2 is 2.24 bits per heavy atom. The number of ether oxygens (including phenoxy) is 1. The maximum Gasteiger partial charge on any atom is 0.310 e. The van der Waals surface area contributed by atoms with Crippen LogP contribution in [0.3, 0.4) is 0 Å². The van der Waals surface area contributed by atoms with E-state index in [4.69, 9.17) is 10.00 Å². The van der Waals surface area contributed by atoms with Crippen LogP contribution in [0.4, 0.5) is 5.69 Å². The SMILES string of the molecule is N#Cc1ncccc1COc1cc(C=O)ccc1[N+](=O)[O-]. The van der Waals surface area contributed by atoms with Crippen LogP contribution in [0.2, 0.25) is 0 Å². The summed E-state index contributed by atoms with van der Waals surface area (Å²) in [6, 6.07) is 9.01. The molecule has 0 bridgehead atoms. The number of nitriles is 1. The van der Waals surface area contributed by atoms with E-state index in [-0.39, 0.29) is 29.3 Å². The van der Waals surface area contributed by atoms with Crippen LogP contribution in [0.1, 0.15) is 21.6 Å². The van der Waals surface area contributed by atoms with Crippen LogP contribution in [-0.2, 0) is 6.61 Å². The largest absolute Gasteiger partial charge is 0.482 e. The normalized spacial score (nSPS) is 9.67. The van der Waals surface area contributed by atoms with Crippen molar-refractivity contribution >= 4 is 12.0 Å². The number of hydrogen-bond acceptors (Lipinski definition) is 6. The van der Waals surface area contributed by atoms with Crippen molar-refractivity contribution in [3.05, 3.63) is 63.5 Å². The van der Waals surface area contributed by atoms with Gasteiger partial charge in [0.15, 0.2) is 5.75 Å². The van der Waals surface area contributed by atoms with E-state index < -0.39 is 4.92 Å². The summed E-state index contributed by atoms with van der Waals surface area (Å²) in [4.78, 5) is 24.9. The number of nitrogens with zero attached hydrogens (tertiary/aromatic N) is 3. The Bertz CT molecular complexity index is 737. The highest BCUT2D eigenvalue weighted by molar-refractivity contribution is 5.76. The molecule has 0 aliphatic carbocycles. The minimum atomic E-state index is -0.599. The van der Waals surface area contributed by atoms with Crippen LogP contribution in [0.25, 0.3) is 0 Å². The molecule has 0 saturated heterocycles. The van der Waals surface area contributed by atoms with Crippen LogP contribution in [-0.4, -0.2) is 16.2 Å². The van der Waals surface area contributed by atoms with Gasteiger partial charge in [0, 0.05) is 23.4 Å². The molecular formula is C14H9N3O4. The van der Waals surface area contributed by atoms with E-state index in [0.29, 0.717) is 11.8 Å². The Balaban J connectivity index is 2.29. The zero-order chi connectivity index (χ0) is 15.2. The highest BCUT2D eigenvalue weighted by Gasteiger charge is 2.16. The van der Waals surface area contributed by atoms with Gasteiger partial charge in [0.25, 0.3) is 0 Å². The Morgan fingerprint density at radius 3 is 2.90 bits per heavy atom. The molecule has 0 aliphatic rings. The first-order chi connectivity index (χ1) is 10.2. The lowest BCUT2D eigenvalue weighted by atomic mass is 10.2. The smallest absolute Gasteiger partial charge is 0.310 e. The lowest BCUT2D eigenvalue weighted by molar-refractivity contribution is -0.385. The summed E-state index contributed by atoms with van der Waals surface area (Å²) in [5.41, 5.74) is 0.711. The second-order valence-electron chi connectivity index (χ2n) is 4.01. The second-order valence-corrected chi connectivity index (χ2v) is 4.01. The van der Waals surface area contributed by atoms with Crippen molar-refractivity contribution in [2.24, 2.45) is 0 Å². The molecule has 0 aliphatic heterocycles. The lowest BCUT2D eigenvalue weighted by Gasteiger charge is -2.08. The van der Waals surface area contributed by atoms with Gasteiger partial charge >= 0.3 is 5.69 Å².